The van der Waals surface area contributed by atoms with Gasteiger partial charge in [-0.2, -0.15) is 0 Å². The quantitative estimate of drug-likeness (QED) is 0.659. The topological polar surface area (TPSA) is 67.4 Å². The molecule has 0 spiro atoms. The maximum Gasteiger partial charge on any atom is 0.269 e. The molecule has 0 unspecified atom stereocenters. The van der Waals surface area contributed by atoms with Gasteiger partial charge in [-0.05, 0) is 42.8 Å². The molecule has 5 nitrogen and oxygen atoms in total. The third kappa shape index (κ3) is 4.44. The van der Waals surface area contributed by atoms with Crippen LogP contribution in [0.1, 0.15) is 26.3 Å². The van der Waals surface area contributed by atoms with Gasteiger partial charge >= 0.3 is 0 Å². The number of hydrogen-bond acceptors (Lipinski definition) is 3. The van der Waals surface area contributed by atoms with Crippen LogP contribution in [-0.4, -0.2) is 18.4 Å². The zero-order valence-electron chi connectivity index (χ0n) is 12.8. The minimum Gasteiger partial charge on any atom is -0.490 e. The van der Waals surface area contributed by atoms with Gasteiger partial charge in [-0.15, -0.1) is 0 Å². The van der Waals surface area contributed by atoms with Crippen molar-refractivity contribution in [2.75, 3.05) is 6.61 Å². The van der Waals surface area contributed by atoms with Crippen LogP contribution in [0.25, 0.3) is 0 Å². The number of hydrazine groups is 1. The van der Waals surface area contributed by atoms with Gasteiger partial charge in [0.1, 0.15) is 12.4 Å². The number of carbonyl (C=O) groups excluding carboxylic acids is 2. The summed E-state index contributed by atoms with van der Waals surface area (Å²) < 4.78 is 5.34. The lowest BCUT2D eigenvalue weighted by Crippen LogP contribution is -2.41. The van der Waals surface area contributed by atoms with Gasteiger partial charge < -0.3 is 4.74 Å². The van der Waals surface area contributed by atoms with Crippen LogP contribution in [0.2, 0.25) is 0 Å². The van der Waals surface area contributed by atoms with Crippen molar-refractivity contribution >= 4 is 11.8 Å². The first-order chi connectivity index (χ1) is 11.1. The maximum atomic E-state index is 12.0. The average Bonchev–Trinajstić information content (AvgIpc) is 2.58. The molecule has 0 aliphatic carbocycles. The first-order valence-corrected chi connectivity index (χ1v) is 7.12. The molecular weight excluding hydrogens is 292 g/mol. The highest BCUT2D eigenvalue weighted by Gasteiger charge is 2.10. The van der Waals surface area contributed by atoms with E-state index in [1.54, 1.807) is 42.5 Å². The lowest BCUT2D eigenvalue weighted by molar-refractivity contribution is 0.0846. The Bertz CT molecular complexity index is 708. The van der Waals surface area contributed by atoms with Gasteiger partial charge in [0.15, 0.2) is 0 Å². The van der Waals surface area contributed by atoms with E-state index in [-0.39, 0.29) is 5.91 Å². The standard InChI is InChI=1S/C18H18N2O3/c1-3-12-23-15-10-8-14(9-11-15)17(21)19-20-18(22)16-7-5-4-6-13(16)2/h3-11H,1,12H2,2H3,(H,19,21)(H,20,22). The van der Waals surface area contributed by atoms with Crippen LogP contribution in [0.15, 0.2) is 61.2 Å². The van der Waals surface area contributed by atoms with Crippen LogP contribution in [0, 0.1) is 6.92 Å². The van der Waals surface area contributed by atoms with Crippen molar-refractivity contribution in [3.05, 3.63) is 77.9 Å². The molecule has 0 fully saturated rings. The van der Waals surface area contributed by atoms with E-state index in [9.17, 15) is 9.59 Å². The van der Waals surface area contributed by atoms with E-state index in [1.165, 1.54) is 0 Å². The van der Waals surface area contributed by atoms with E-state index in [2.05, 4.69) is 17.4 Å². The molecule has 0 bridgehead atoms. The molecule has 0 saturated heterocycles. The van der Waals surface area contributed by atoms with Gasteiger partial charge in [-0.25, -0.2) is 0 Å². The van der Waals surface area contributed by atoms with E-state index in [4.69, 9.17) is 4.74 Å². The van der Waals surface area contributed by atoms with E-state index >= 15 is 0 Å². The Morgan fingerprint density at radius 3 is 2.35 bits per heavy atom. The number of benzene rings is 2. The SMILES string of the molecule is C=CCOc1ccc(C(=O)NNC(=O)c2ccccc2C)cc1. The molecule has 23 heavy (non-hydrogen) atoms. The summed E-state index contributed by atoms with van der Waals surface area (Å²) in [7, 11) is 0. The summed E-state index contributed by atoms with van der Waals surface area (Å²) in [6, 6.07) is 13.7. The minimum atomic E-state index is -0.401. The first kappa shape index (κ1) is 16.3. The fraction of sp³-hybridized carbons (Fsp3) is 0.111. The minimum absolute atomic E-state index is 0.359. The largest absolute Gasteiger partial charge is 0.490 e. The van der Waals surface area contributed by atoms with Gasteiger partial charge in [0.2, 0.25) is 0 Å². The number of amides is 2. The van der Waals surface area contributed by atoms with Crippen LogP contribution in [-0.2, 0) is 0 Å². The number of rotatable bonds is 5. The number of ether oxygens (including phenoxy) is 1. The summed E-state index contributed by atoms with van der Waals surface area (Å²) in [6.07, 6.45) is 1.64. The van der Waals surface area contributed by atoms with Crippen molar-refractivity contribution < 1.29 is 14.3 Å². The molecule has 0 heterocycles. The van der Waals surface area contributed by atoms with Crippen molar-refractivity contribution in [1.29, 1.82) is 0 Å². The van der Waals surface area contributed by atoms with Crippen LogP contribution >= 0.6 is 0 Å². The molecular formula is C18H18N2O3. The lowest BCUT2D eigenvalue weighted by Gasteiger charge is -2.09. The van der Waals surface area contributed by atoms with Crippen molar-refractivity contribution in [1.82, 2.24) is 10.9 Å². The molecule has 2 rings (SSSR count). The smallest absolute Gasteiger partial charge is 0.269 e. The molecule has 2 amide bonds. The van der Waals surface area contributed by atoms with Gasteiger partial charge in [0, 0.05) is 11.1 Å². The summed E-state index contributed by atoms with van der Waals surface area (Å²) in [5.74, 6) is -0.116. The van der Waals surface area contributed by atoms with Gasteiger partial charge in [-0.1, -0.05) is 30.9 Å². The van der Waals surface area contributed by atoms with Gasteiger partial charge in [0.25, 0.3) is 11.8 Å². The zero-order chi connectivity index (χ0) is 16.7. The van der Waals surface area contributed by atoms with Gasteiger partial charge in [-0.3, -0.25) is 20.4 Å². The molecule has 0 radical (unpaired) electrons. The summed E-state index contributed by atoms with van der Waals surface area (Å²) in [5, 5.41) is 0. The Labute approximate surface area is 134 Å². The van der Waals surface area contributed by atoms with Gasteiger partial charge in [0.05, 0.1) is 0 Å². The molecule has 2 aromatic carbocycles. The van der Waals surface area contributed by atoms with E-state index in [0.717, 1.165) is 5.56 Å². The second-order valence-electron chi connectivity index (χ2n) is 4.85. The summed E-state index contributed by atoms with van der Waals surface area (Å²) in [6.45, 7) is 5.80. The second kappa shape index (κ2) is 7.79. The Balaban J connectivity index is 1.93. The maximum absolute atomic E-state index is 12.0. The zero-order valence-corrected chi connectivity index (χ0v) is 12.8. The number of hydrogen-bond donors (Lipinski definition) is 2. The predicted octanol–water partition coefficient (Wildman–Crippen LogP) is 2.63. The summed E-state index contributed by atoms with van der Waals surface area (Å²) in [4.78, 5) is 24.0. The first-order valence-electron chi connectivity index (χ1n) is 7.12. The molecule has 118 valence electrons. The summed E-state index contributed by atoms with van der Waals surface area (Å²) in [5.41, 5.74) is 6.56. The highest BCUT2D eigenvalue weighted by Crippen LogP contribution is 2.12. The lowest BCUT2D eigenvalue weighted by atomic mass is 10.1. The molecule has 0 aliphatic rings. The highest BCUT2D eigenvalue weighted by molar-refractivity contribution is 5.99. The number of carbonyl (C=O) groups is 2. The second-order valence-corrected chi connectivity index (χ2v) is 4.85. The van der Waals surface area contributed by atoms with Crippen LogP contribution in [0.5, 0.6) is 5.75 Å². The Kier molecular flexibility index (Phi) is 5.52. The third-order valence-electron chi connectivity index (χ3n) is 3.16. The molecule has 2 aromatic rings. The van der Waals surface area contributed by atoms with E-state index in [0.29, 0.717) is 23.5 Å². The fourth-order valence-electron chi connectivity index (χ4n) is 1.94. The van der Waals surface area contributed by atoms with Crippen molar-refractivity contribution in [2.45, 2.75) is 6.92 Å². The molecule has 5 heteroatoms. The van der Waals surface area contributed by atoms with Crippen LogP contribution < -0.4 is 15.6 Å². The fourth-order valence-corrected chi connectivity index (χ4v) is 1.94. The molecule has 2 N–H and O–H groups in total. The van der Waals surface area contributed by atoms with Crippen molar-refractivity contribution in [3.8, 4) is 5.75 Å². The highest BCUT2D eigenvalue weighted by atomic mass is 16.5. The Hall–Kier alpha value is -3.08. The monoisotopic (exact) mass is 310 g/mol. The third-order valence-corrected chi connectivity index (χ3v) is 3.16. The molecule has 0 aliphatic heterocycles. The van der Waals surface area contributed by atoms with Crippen LogP contribution in [0.3, 0.4) is 0 Å². The van der Waals surface area contributed by atoms with Crippen LogP contribution in [0.4, 0.5) is 0 Å². The Morgan fingerprint density at radius 2 is 1.70 bits per heavy atom. The number of nitrogens with one attached hydrogen (secondary N) is 2. The number of aryl methyl sites for hydroxylation is 1. The average molecular weight is 310 g/mol. The normalized spacial score (nSPS) is 9.78. The van der Waals surface area contributed by atoms with E-state index < -0.39 is 5.91 Å². The Morgan fingerprint density at radius 1 is 1.04 bits per heavy atom. The van der Waals surface area contributed by atoms with Crippen molar-refractivity contribution in [2.24, 2.45) is 0 Å². The molecule has 0 aromatic heterocycles. The predicted molar refractivity (Wildman–Crippen MR) is 88.2 cm³/mol. The summed E-state index contributed by atoms with van der Waals surface area (Å²) >= 11 is 0. The van der Waals surface area contributed by atoms with E-state index in [1.807, 2.05) is 19.1 Å². The molecule has 0 atom stereocenters. The molecule has 0 saturated carbocycles. The van der Waals surface area contributed by atoms with Crippen molar-refractivity contribution in [3.63, 3.8) is 0 Å².